The molecule has 9 aliphatic rings. The Hall–Kier alpha value is -2.77. The van der Waals surface area contributed by atoms with Crippen molar-refractivity contribution in [3.63, 3.8) is 0 Å². The van der Waals surface area contributed by atoms with Crippen LogP contribution in [0.2, 0.25) is 0 Å². The molecule has 9 fully saturated rings. The number of hydrogen-bond acceptors (Lipinski definition) is 13. The SMILES string of the molecule is NC(N)(N)C(=O)OCC(=O)OC1C2CC3CC(C(=O)OCC(=O)OC4C5OC(=O)C6CC7CC65C74)(C2)CC31. The summed E-state index contributed by atoms with van der Waals surface area (Å²) in [6.45, 7) is -1.15. The van der Waals surface area contributed by atoms with Gasteiger partial charge in [0.05, 0.1) is 11.3 Å². The second-order valence-electron chi connectivity index (χ2n) is 12.6. The number of nitrogens with two attached hydrogens (primary N) is 3. The molecule has 0 radical (unpaired) electrons. The Morgan fingerprint density at radius 2 is 1.55 bits per heavy atom. The van der Waals surface area contributed by atoms with Crippen LogP contribution >= 0.6 is 0 Å². The molecule has 6 N–H and O–H groups in total. The van der Waals surface area contributed by atoms with Gasteiger partial charge in [0.15, 0.2) is 13.2 Å². The highest BCUT2D eigenvalue weighted by molar-refractivity contribution is 5.83. The zero-order valence-electron chi connectivity index (χ0n) is 20.7. The van der Waals surface area contributed by atoms with E-state index in [-0.39, 0.29) is 53.2 Å². The van der Waals surface area contributed by atoms with Crippen molar-refractivity contribution in [2.24, 2.45) is 63.5 Å². The third-order valence-electron chi connectivity index (χ3n) is 10.6. The minimum atomic E-state index is -2.20. The van der Waals surface area contributed by atoms with E-state index in [0.717, 1.165) is 19.3 Å². The predicted molar refractivity (Wildman–Crippen MR) is 120 cm³/mol. The van der Waals surface area contributed by atoms with E-state index in [0.29, 0.717) is 25.2 Å². The molecule has 1 heterocycles. The molecule has 1 saturated heterocycles. The van der Waals surface area contributed by atoms with Gasteiger partial charge in [-0.2, -0.15) is 0 Å². The van der Waals surface area contributed by atoms with Gasteiger partial charge >= 0.3 is 29.8 Å². The summed E-state index contributed by atoms with van der Waals surface area (Å²) in [7, 11) is 0. The van der Waals surface area contributed by atoms with Gasteiger partial charge < -0.3 is 23.7 Å². The number of carbonyl (C=O) groups excluding carboxylic acids is 5. The Bertz CT molecular complexity index is 1150. The first-order chi connectivity index (χ1) is 17.9. The van der Waals surface area contributed by atoms with Gasteiger partial charge in [-0.3, -0.25) is 26.8 Å². The zero-order chi connectivity index (χ0) is 26.8. The van der Waals surface area contributed by atoms with Crippen LogP contribution in [0.15, 0.2) is 0 Å². The van der Waals surface area contributed by atoms with Crippen LogP contribution in [0.5, 0.6) is 0 Å². The smallest absolute Gasteiger partial charge is 0.357 e. The lowest BCUT2D eigenvalue weighted by atomic mass is 9.44. The Balaban J connectivity index is 0.902. The van der Waals surface area contributed by atoms with Gasteiger partial charge in [0.25, 0.3) is 0 Å². The van der Waals surface area contributed by atoms with Crippen LogP contribution in [-0.4, -0.2) is 67.2 Å². The molecular formula is C25H31N3O10. The summed E-state index contributed by atoms with van der Waals surface area (Å²) in [4.78, 5) is 61.6. The summed E-state index contributed by atoms with van der Waals surface area (Å²) in [5.41, 5.74) is 14.9. The Morgan fingerprint density at radius 1 is 0.868 bits per heavy atom. The van der Waals surface area contributed by atoms with E-state index in [1.165, 1.54) is 0 Å². The van der Waals surface area contributed by atoms with Crippen LogP contribution in [-0.2, 0) is 47.7 Å². The standard InChI is InChI=1S/C25H31N3O10/c26-25(27,28)22(33)35-8-14(29)36-17-11-1-9-3-23(4-11,6-12(9)17)21(32)34-7-15(30)37-18-16-10-2-13-20(31)38-19(18)24(13,16)5-10/h9-13,16-19H,1-8,26-28H2. The van der Waals surface area contributed by atoms with Crippen LogP contribution in [0, 0.1) is 46.3 Å². The molecule has 0 aromatic rings. The number of rotatable bonds is 8. The topological polar surface area (TPSA) is 210 Å². The second kappa shape index (κ2) is 7.66. The molecule has 11 unspecified atom stereocenters. The Kier molecular flexibility index (Phi) is 4.90. The van der Waals surface area contributed by atoms with Crippen LogP contribution in [0.25, 0.3) is 0 Å². The van der Waals surface area contributed by atoms with E-state index in [9.17, 15) is 24.0 Å². The summed E-state index contributed by atoms with van der Waals surface area (Å²) in [5.74, 6) is -4.64. The van der Waals surface area contributed by atoms with Gasteiger partial charge in [-0.05, 0) is 56.3 Å². The van der Waals surface area contributed by atoms with Crippen molar-refractivity contribution < 1.29 is 47.7 Å². The molecule has 13 nitrogen and oxygen atoms in total. The largest absolute Gasteiger partial charge is 0.459 e. The molecule has 206 valence electrons. The predicted octanol–water partition coefficient (Wildman–Crippen LogP) is -1.56. The van der Waals surface area contributed by atoms with Crippen molar-refractivity contribution in [3.8, 4) is 0 Å². The lowest BCUT2D eigenvalue weighted by molar-refractivity contribution is -0.262. The highest BCUT2D eigenvalue weighted by Crippen LogP contribution is 2.79. The van der Waals surface area contributed by atoms with Crippen LogP contribution in [0.3, 0.4) is 0 Å². The summed E-state index contributed by atoms with van der Waals surface area (Å²) in [6, 6.07) is 0. The van der Waals surface area contributed by atoms with E-state index >= 15 is 0 Å². The maximum absolute atomic E-state index is 13.1. The highest BCUT2D eigenvalue weighted by Gasteiger charge is 2.85. The average Bonchev–Trinajstić information content (AvgIpc) is 3.57. The summed E-state index contributed by atoms with van der Waals surface area (Å²) < 4.78 is 26.9. The number of carbonyl (C=O) groups is 5. The van der Waals surface area contributed by atoms with E-state index < -0.39 is 54.4 Å². The van der Waals surface area contributed by atoms with Gasteiger partial charge in [0.2, 0.25) is 5.79 Å². The first kappa shape index (κ1) is 24.3. The molecule has 9 rings (SSSR count). The zero-order valence-corrected chi connectivity index (χ0v) is 20.7. The van der Waals surface area contributed by atoms with Crippen molar-refractivity contribution in [1.82, 2.24) is 0 Å². The molecule has 11 atom stereocenters. The quantitative estimate of drug-likeness (QED) is 0.183. The average molecular weight is 534 g/mol. The molecule has 1 aliphatic heterocycles. The molecule has 8 aliphatic carbocycles. The maximum atomic E-state index is 13.1. The molecule has 0 amide bonds. The first-order valence-electron chi connectivity index (χ1n) is 13.2. The monoisotopic (exact) mass is 533 g/mol. The van der Waals surface area contributed by atoms with E-state index in [4.69, 9.17) is 40.9 Å². The van der Waals surface area contributed by atoms with Crippen molar-refractivity contribution in [3.05, 3.63) is 0 Å². The highest BCUT2D eigenvalue weighted by atomic mass is 16.6. The molecule has 8 saturated carbocycles. The van der Waals surface area contributed by atoms with Gasteiger partial charge in [0, 0.05) is 17.3 Å². The Morgan fingerprint density at radius 3 is 2.26 bits per heavy atom. The lowest BCUT2D eigenvalue weighted by Crippen LogP contribution is -2.70. The Labute approximate surface area is 217 Å². The van der Waals surface area contributed by atoms with Crippen molar-refractivity contribution in [2.75, 3.05) is 13.2 Å². The van der Waals surface area contributed by atoms with Gasteiger partial charge in [-0.25, -0.2) is 14.4 Å². The van der Waals surface area contributed by atoms with E-state index in [1.807, 2.05) is 0 Å². The molecule has 0 aromatic carbocycles. The number of ether oxygens (including phenoxy) is 5. The van der Waals surface area contributed by atoms with Crippen molar-refractivity contribution >= 4 is 29.8 Å². The molecule has 6 bridgehead atoms. The van der Waals surface area contributed by atoms with E-state index in [1.54, 1.807) is 0 Å². The first-order valence-corrected chi connectivity index (χ1v) is 13.2. The number of hydrogen-bond donors (Lipinski definition) is 3. The van der Waals surface area contributed by atoms with Gasteiger partial charge in [0.1, 0.15) is 18.3 Å². The third kappa shape index (κ3) is 3.12. The molecule has 13 heteroatoms. The third-order valence-corrected chi connectivity index (χ3v) is 10.6. The van der Waals surface area contributed by atoms with Crippen LogP contribution in [0.1, 0.15) is 38.5 Å². The normalized spacial score (nSPS) is 46.0. The van der Waals surface area contributed by atoms with Crippen LogP contribution < -0.4 is 17.2 Å². The lowest BCUT2D eigenvalue weighted by Gasteiger charge is -2.62. The van der Waals surface area contributed by atoms with E-state index in [2.05, 4.69) is 0 Å². The summed E-state index contributed by atoms with van der Waals surface area (Å²) in [6.07, 6.45) is 2.98. The van der Waals surface area contributed by atoms with Crippen LogP contribution in [0.4, 0.5) is 0 Å². The minimum Gasteiger partial charge on any atom is -0.459 e. The van der Waals surface area contributed by atoms with Crippen molar-refractivity contribution in [1.29, 1.82) is 0 Å². The molecule has 38 heavy (non-hydrogen) atoms. The summed E-state index contributed by atoms with van der Waals surface area (Å²) in [5, 5.41) is 0. The van der Waals surface area contributed by atoms with Gasteiger partial charge in [-0.15, -0.1) is 0 Å². The number of esters is 5. The summed E-state index contributed by atoms with van der Waals surface area (Å²) >= 11 is 0. The molecule has 0 aromatic heterocycles. The van der Waals surface area contributed by atoms with Crippen molar-refractivity contribution in [2.45, 2.75) is 62.6 Å². The minimum absolute atomic E-state index is 0.0178. The maximum Gasteiger partial charge on any atom is 0.357 e. The fourth-order valence-corrected chi connectivity index (χ4v) is 9.48. The fourth-order valence-electron chi connectivity index (χ4n) is 9.48. The second-order valence-corrected chi connectivity index (χ2v) is 12.6. The van der Waals surface area contributed by atoms with Gasteiger partial charge in [-0.1, -0.05) is 0 Å². The molecule has 1 spiro atoms. The molecular weight excluding hydrogens is 502 g/mol. The fraction of sp³-hybridized carbons (Fsp3) is 0.800.